The SMILES string of the molecule is COc1cc(/C(C)=N\NC(=O)Cc2csc(N3CCOCC3)n2)cc(OC)c1OC. The summed E-state index contributed by atoms with van der Waals surface area (Å²) in [5.41, 5.74) is 4.66. The third kappa shape index (κ3) is 5.19. The molecule has 1 aliphatic heterocycles. The van der Waals surface area contributed by atoms with Crippen LogP contribution in [0.1, 0.15) is 18.2 Å². The van der Waals surface area contributed by atoms with Gasteiger partial charge in [-0.3, -0.25) is 4.79 Å². The number of ether oxygens (including phenoxy) is 4. The number of methoxy groups -OCH3 is 3. The lowest BCUT2D eigenvalue weighted by Crippen LogP contribution is -2.36. The van der Waals surface area contributed by atoms with E-state index in [0.29, 0.717) is 36.2 Å². The van der Waals surface area contributed by atoms with Gasteiger partial charge < -0.3 is 23.8 Å². The van der Waals surface area contributed by atoms with Gasteiger partial charge in [-0.2, -0.15) is 5.10 Å². The normalized spacial score (nSPS) is 14.4. The zero-order valence-electron chi connectivity index (χ0n) is 17.6. The van der Waals surface area contributed by atoms with Gasteiger partial charge in [0.05, 0.1) is 52.4 Å². The monoisotopic (exact) mass is 434 g/mol. The average Bonchev–Trinajstić information content (AvgIpc) is 3.25. The van der Waals surface area contributed by atoms with E-state index in [0.717, 1.165) is 29.5 Å². The van der Waals surface area contributed by atoms with E-state index in [1.54, 1.807) is 40.4 Å². The third-order valence-electron chi connectivity index (χ3n) is 4.59. The van der Waals surface area contributed by atoms with Gasteiger partial charge in [0.15, 0.2) is 16.6 Å². The van der Waals surface area contributed by atoms with Gasteiger partial charge in [-0.05, 0) is 19.1 Å². The van der Waals surface area contributed by atoms with E-state index in [9.17, 15) is 4.79 Å². The Hall–Kier alpha value is -2.85. The number of anilines is 1. The van der Waals surface area contributed by atoms with Crippen LogP contribution in [0.25, 0.3) is 0 Å². The lowest BCUT2D eigenvalue weighted by Gasteiger charge is -2.26. The lowest BCUT2D eigenvalue weighted by molar-refractivity contribution is -0.120. The van der Waals surface area contributed by atoms with Crippen molar-refractivity contribution in [2.75, 3.05) is 52.5 Å². The highest BCUT2D eigenvalue weighted by Gasteiger charge is 2.17. The van der Waals surface area contributed by atoms with E-state index in [-0.39, 0.29) is 12.3 Å². The van der Waals surface area contributed by atoms with Crippen LogP contribution in [0.5, 0.6) is 17.2 Å². The summed E-state index contributed by atoms with van der Waals surface area (Å²) in [6.45, 7) is 4.82. The minimum atomic E-state index is -0.236. The number of rotatable bonds is 8. The first-order valence-corrected chi connectivity index (χ1v) is 10.3. The second-order valence-corrected chi connectivity index (χ2v) is 7.38. The molecule has 10 heteroatoms. The third-order valence-corrected chi connectivity index (χ3v) is 5.54. The molecule has 0 saturated carbocycles. The Morgan fingerprint density at radius 3 is 2.47 bits per heavy atom. The zero-order valence-corrected chi connectivity index (χ0v) is 18.4. The topological polar surface area (TPSA) is 94.5 Å². The van der Waals surface area contributed by atoms with E-state index in [1.165, 1.54) is 11.3 Å². The number of carbonyl (C=O) groups excluding carboxylic acids is 1. The maximum atomic E-state index is 12.3. The van der Waals surface area contributed by atoms with Crippen LogP contribution in [-0.4, -0.2) is 64.2 Å². The average molecular weight is 435 g/mol. The van der Waals surface area contributed by atoms with Crippen molar-refractivity contribution in [1.82, 2.24) is 10.4 Å². The molecular weight excluding hydrogens is 408 g/mol. The Bertz CT molecular complexity index is 883. The van der Waals surface area contributed by atoms with Crippen LogP contribution in [0, 0.1) is 0 Å². The number of benzene rings is 1. The largest absolute Gasteiger partial charge is 0.493 e. The van der Waals surface area contributed by atoms with Gasteiger partial charge in [0.2, 0.25) is 11.7 Å². The highest BCUT2D eigenvalue weighted by atomic mass is 32.1. The van der Waals surface area contributed by atoms with Gasteiger partial charge in [-0.25, -0.2) is 10.4 Å². The van der Waals surface area contributed by atoms with Crippen molar-refractivity contribution in [2.24, 2.45) is 5.10 Å². The molecule has 0 atom stereocenters. The van der Waals surface area contributed by atoms with Crippen LogP contribution >= 0.6 is 11.3 Å². The summed E-state index contributed by atoms with van der Waals surface area (Å²) in [7, 11) is 4.65. The zero-order chi connectivity index (χ0) is 21.5. The van der Waals surface area contributed by atoms with Gasteiger partial charge in [0.1, 0.15) is 0 Å². The lowest BCUT2D eigenvalue weighted by atomic mass is 10.1. The van der Waals surface area contributed by atoms with Crippen LogP contribution in [0.3, 0.4) is 0 Å². The van der Waals surface area contributed by atoms with Crippen LogP contribution in [0.15, 0.2) is 22.6 Å². The molecule has 1 aromatic heterocycles. The van der Waals surface area contributed by atoms with Crippen LogP contribution in [-0.2, 0) is 16.0 Å². The van der Waals surface area contributed by atoms with E-state index in [2.05, 4.69) is 20.4 Å². The van der Waals surface area contributed by atoms with Crippen molar-refractivity contribution in [3.63, 3.8) is 0 Å². The minimum absolute atomic E-state index is 0.160. The second kappa shape index (κ2) is 10.3. The van der Waals surface area contributed by atoms with E-state index < -0.39 is 0 Å². The Morgan fingerprint density at radius 1 is 1.20 bits per heavy atom. The number of aromatic nitrogens is 1. The number of hydrogen-bond donors (Lipinski definition) is 1. The quantitative estimate of drug-likeness (QED) is 0.502. The van der Waals surface area contributed by atoms with Crippen molar-refractivity contribution in [3.8, 4) is 17.2 Å². The fourth-order valence-electron chi connectivity index (χ4n) is 2.98. The van der Waals surface area contributed by atoms with Crippen molar-refractivity contribution in [3.05, 3.63) is 28.8 Å². The molecule has 1 fully saturated rings. The molecule has 0 spiro atoms. The predicted octanol–water partition coefficient (Wildman–Crippen LogP) is 2.09. The summed E-state index contributed by atoms with van der Waals surface area (Å²) in [6.07, 6.45) is 0.160. The molecule has 0 unspecified atom stereocenters. The van der Waals surface area contributed by atoms with Crippen LogP contribution in [0.4, 0.5) is 5.13 Å². The Balaban J connectivity index is 1.64. The first kappa shape index (κ1) is 21.8. The number of hydrogen-bond acceptors (Lipinski definition) is 9. The first-order valence-electron chi connectivity index (χ1n) is 9.46. The number of thiazole rings is 1. The Morgan fingerprint density at radius 2 is 1.87 bits per heavy atom. The summed E-state index contributed by atoms with van der Waals surface area (Å²) >= 11 is 1.53. The summed E-state index contributed by atoms with van der Waals surface area (Å²) in [6, 6.07) is 3.56. The number of carbonyl (C=O) groups is 1. The molecule has 1 N–H and O–H groups in total. The summed E-state index contributed by atoms with van der Waals surface area (Å²) < 4.78 is 21.4. The number of morpholine rings is 1. The number of amides is 1. The molecule has 30 heavy (non-hydrogen) atoms. The van der Waals surface area contributed by atoms with E-state index >= 15 is 0 Å². The standard InChI is InChI=1S/C20H26N4O5S/c1-13(14-9-16(26-2)19(28-4)17(10-14)27-3)22-23-18(25)11-15-12-30-20(21-15)24-5-7-29-8-6-24/h9-10,12H,5-8,11H2,1-4H3,(H,23,25)/b22-13-. The molecule has 1 amide bonds. The van der Waals surface area contributed by atoms with Crippen molar-refractivity contribution < 1.29 is 23.7 Å². The summed E-state index contributed by atoms with van der Waals surface area (Å²) in [4.78, 5) is 19.0. The molecule has 3 rings (SSSR count). The number of nitrogens with zero attached hydrogens (tertiary/aromatic N) is 3. The van der Waals surface area contributed by atoms with Gasteiger partial charge >= 0.3 is 0 Å². The predicted molar refractivity (Wildman–Crippen MR) is 115 cm³/mol. The molecule has 9 nitrogen and oxygen atoms in total. The Kier molecular flexibility index (Phi) is 7.47. The molecular formula is C20H26N4O5S. The van der Waals surface area contributed by atoms with Gasteiger partial charge in [0, 0.05) is 24.0 Å². The van der Waals surface area contributed by atoms with Crippen molar-refractivity contribution in [2.45, 2.75) is 13.3 Å². The molecule has 162 valence electrons. The molecule has 2 aromatic rings. The summed E-state index contributed by atoms with van der Waals surface area (Å²) in [5.74, 6) is 1.30. The van der Waals surface area contributed by atoms with Gasteiger partial charge in [0.25, 0.3) is 0 Å². The van der Waals surface area contributed by atoms with Crippen molar-refractivity contribution >= 4 is 28.1 Å². The number of nitrogens with one attached hydrogen (secondary N) is 1. The molecule has 0 aliphatic carbocycles. The van der Waals surface area contributed by atoms with Crippen LogP contribution in [0.2, 0.25) is 0 Å². The molecule has 1 aromatic carbocycles. The van der Waals surface area contributed by atoms with Gasteiger partial charge in [-0.15, -0.1) is 11.3 Å². The first-order chi connectivity index (χ1) is 14.5. The molecule has 0 bridgehead atoms. The summed E-state index contributed by atoms with van der Waals surface area (Å²) in [5, 5.41) is 7.03. The fourth-order valence-corrected chi connectivity index (χ4v) is 3.86. The maximum absolute atomic E-state index is 12.3. The minimum Gasteiger partial charge on any atom is -0.493 e. The highest BCUT2D eigenvalue weighted by Crippen LogP contribution is 2.38. The molecule has 1 saturated heterocycles. The van der Waals surface area contributed by atoms with Gasteiger partial charge in [-0.1, -0.05) is 0 Å². The maximum Gasteiger partial charge on any atom is 0.246 e. The van der Waals surface area contributed by atoms with E-state index in [1.807, 2.05) is 5.38 Å². The molecule has 0 radical (unpaired) electrons. The smallest absolute Gasteiger partial charge is 0.246 e. The molecule has 2 heterocycles. The second-order valence-electron chi connectivity index (χ2n) is 6.54. The molecule has 1 aliphatic rings. The van der Waals surface area contributed by atoms with Crippen LogP contribution < -0.4 is 24.5 Å². The van der Waals surface area contributed by atoms with Crippen molar-refractivity contribution in [1.29, 1.82) is 0 Å². The number of hydrazone groups is 1. The van der Waals surface area contributed by atoms with E-state index in [4.69, 9.17) is 18.9 Å². The fraction of sp³-hybridized carbons (Fsp3) is 0.450. The highest BCUT2D eigenvalue weighted by molar-refractivity contribution is 7.13. The Labute approximate surface area is 179 Å².